The van der Waals surface area contributed by atoms with Crippen LogP contribution in [0.2, 0.25) is 0 Å². The Hall–Kier alpha value is -2.56. The number of hydrogen-bond donors (Lipinski definition) is 0. The van der Waals surface area contributed by atoms with Crippen molar-refractivity contribution < 1.29 is 22.0 Å². The zero-order valence-electron chi connectivity index (χ0n) is 13.8. The summed E-state index contributed by atoms with van der Waals surface area (Å²) in [5, 5.41) is 9.04. The first-order valence-electron chi connectivity index (χ1n) is 7.10. The minimum absolute atomic E-state index is 0.443. The number of benzene rings is 2. The van der Waals surface area contributed by atoms with E-state index in [9.17, 15) is 17.3 Å². The van der Waals surface area contributed by atoms with Crippen LogP contribution in [0.25, 0.3) is 4.98 Å². The molecule has 0 atom stereocenters. The topological polar surface area (TPSA) is 37.4 Å². The summed E-state index contributed by atoms with van der Waals surface area (Å²) in [5.41, 5.74) is 4.89. The second kappa shape index (κ2) is 7.82. The minimum atomic E-state index is -6.00. The molecule has 0 amide bonds. The van der Waals surface area contributed by atoms with Crippen molar-refractivity contribution in [2.24, 2.45) is 0 Å². The Balaban J connectivity index is 0.000000505. The molecule has 0 unspecified atom stereocenters. The molecule has 0 aliphatic heterocycles. The standard InChI is InChI=1S/C16H17N2O.BF4/c1-10-5-6-15(14(8-10)18-17)19-16-9-11(2)7-12(3)13(16)4;2-1(3,4)5/h5-9H,1-4H3;/q+1;-1. The van der Waals surface area contributed by atoms with Gasteiger partial charge in [-0.05, 0) is 62.1 Å². The second-order valence-corrected chi connectivity index (χ2v) is 5.37. The molecule has 2 aromatic rings. The van der Waals surface area contributed by atoms with Crippen molar-refractivity contribution in [2.75, 3.05) is 0 Å². The number of ether oxygens (including phenoxy) is 1. The maximum Gasteiger partial charge on any atom is 0.673 e. The molecule has 0 aromatic heterocycles. The normalized spacial score (nSPS) is 10.5. The van der Waals surface area contributed by atoms with E-state index >= 15 is 0 Å². The average molecular weight is 340 g/mol. The van der Waals surface area contributed by atoms with Gasteiger partial charge in [0.15, 0.2) is 4.98 Å². The van der Waals surface area contributed by atoms with Crippen LogP contribution >= 0.6 is 0 Å². The Bertz CT molecular complexity index is 764. The quantitative estimate of drug-likeness (QED) is 0.356. The molecule has 0 spiro atoms. The van der Waals surface area contributed by atoms with Crippen LogP contribution in [0.4, 0.5) is 23.0 Å². The van der Waals surface area contributed by atoms with Crippen molar-refractivity contribution in [1.29, 1.82) is 5.39 Å². The van der Waals surface area contributed by atoms with E-state index in [0.29, 0.717) is 11.4 Å². The first-order valence-corrected chi connectivity index (χ1v) is 7.10. The highest BCUT2D eigenvalue weighted by molar-refractivity contribution is 6.50. The summed E-state index contributed by atoms with van der Waals surface area (Å²) < 4.78 is 44.9. The van der Waals surface area contributed by atoms with Gasteiger partial charge >= 0.3 is 12.9 Å². The van der Waals surface area contributed by atoms with Gasteiger partial charge in [-0.2, -0.15) is 0 Å². The molecular formula is C16H17BF4N2O. The van der Waals surface area contributed by atoms with Crippen LogP contribution in [-0.2, 0) is 0 Å². The lowest BCUT2D eigenvalue weighted by molar-refractivity contribution is 0.368. The van der Waals surface area contributed by atoms with Crippen molar-refractivity contribution in [3.05, 3.63) is 57.6 Å². The fraction of sp³-hybridized carbons (Fsp3) is 0.250. The molecule has 128 valence electrons. The van der Waals surface area contributed by atoms with E-state index in [1.807, 2.05) is 39.0 Å². The van der Waals surface area contributed by atoms with Crippen molar-refractivity contribution in [3.63, 3.8) is 0 Å². The van der Waals surface area contributed by atoms with Gasteiger partial charge in [0.25, 0.3) is 0 Å². The van der Waals surface area contributed by atoms with Gasteiger partial charge in [-0.15, -0.1) is 0 Å². The van der Waals surface area contributed by atoms with E-state index in [-0.39, 0.29) is 0 Å². The second-order valence-electron chi connectivity index (χ2n) is 5.37. The Kier molecular flexibility index (Phi) is 6.35. The van der Waals surface area contributed by atoms with Gasteiger partial charge in [0.1, 0.15) is 5.75 Å². The number of diazo groups is 1. The SMILES string of the molecule is Cc1ccc(Oc2cc(C)cc(C)c2C)c([N+]#N)c1.F[B-](F)(F)F. The lowest BCUT2D eigenvalue weighted by Gasteiger charge is -2.11. The highest BCUT2D eigenvalue weighted by atomic mass is 19.5. The van der Waals surface area contributed by atoms with Crippen LogP contribution < -0.4 is 4.74 Å². The molecular weight excluding hydrogens is 323 g/mol. The number of rotatable bonds is 2. The van der Waals surface area contributed by atoms with Gasteiger partial charge in [0.2, 0.25) is 11.1 Å². The third kappa shape index (κ3) is 6.28. The first-order chi connectivity index (χ1) is 11.0. The minimum Gasteiger partial charge on any atom is -0.449 e. The van der Waals surface area contributed by atoms with Crippen LogP contribution in [0.5, 0.6) is 11.5 Å². The van der Waals surface area contributed by atoms with Crippen LogP contribution in [0.3, 0.4) is 0 Å². The smallest absolute Gasteiger partial charge is 0.449 e. The molecule has 0 N–H and O–H groups in total. The third-order valence-corrected chi connectivity index (χ3v) is 3.21. The van der Waals surface area contributed by atoms with Gasteiger partial charge in [-0.1, -0.05) is 12.1 Å². The van der Waals surface area contributed by atoms with Gasteiger partial charge < -0.3 is 22.0 Å². The average Bonchev–Trinajstić information content (AvgIpc) is 2.44. The Morgan fingerprint density at radius 3 is 2.00 bits per heavy atom. The van der Waals surface area contributed by atoms with Gasteiger partial charge in [0.05, 0.1) is 0 Å². The zero-order chi connectivity index (χ0) is 18.5. The van der Waals surface area contributed by atoms with E-state index in [0.717, 1.165) is 22.4 Å². The fourth-order valence-electron chi connectivity index (χ4n) is 2.02. The summed E-state index contributed by atoms with van der Waals surface area (Å²) in [6, 6.07) is 9.65. The zero-order valence-corrected chi connectivity index (χ0v) is 13.8. The van der Waals surface area contributed by atoms with Crippen molar-refractivity contribution >= 4 is 12.9 Å². The van der Waals surface area contributed by atoms with Gasteiger partial charge in [-0.25, -0.2) is 0 Å². The van der Waals surface area contributed by atoms with Crippen LogP contribution in [0.1, 0.15) is 22.3 Å². The summed E-state index contributed by atoms with van der Waals surface area (Å²) in [4.78, 5) is 3.28. The molecule has 0 fully saturated rings. The van der Waals surface area contributed by atoms with E-state index < -0.39 is 7.25 Å². The van der Waals surface area contributed by atoms with Crippen molar-refractivity contribution in [2.45, 2.75) is 27.7 Å². The summed E-state index contributed by atoms with van der Waals surface area (Å²) >= 11 is 0. The van der Waals surface area contributed by atoms with Gasteiger partial charge in [-0.3, -0.25) is 0 Å². The first kappa shape index (κ1) is 19.5. The summed E-state index contributed by atoms with van der Waals surface area (Å²) in [5.74, 6) is 1.35. The van der Waals surface area contributed by atoms with Gasteiger partial charge in [0, 0.05) is 6.07 Å². The molecule has 2 aromatic carbocycles. The molecule has 8 heteroatoms. The molecule has 0 aliphatic carbocycles. The van der Waals surface area contributed by atoms with E-state index in [1.54, 1.807) is 6.07 Å². The maximum atomic E-state index is 9.75. The van der Waals surface area contributed by atoms with E-state index in [1.165, 1.54) is 5.56 Å². The lowest BCUT2D eigenvalue weighted by Crippen LogP contribution is -2.02. The molecule has 2 rings (SSSR count). The number of nitrogens with zero attached hydrogens (tertiary/aromatic N) is 2. The largest absolute Gasteiger partial charge is 0.673 e. The number of halogens is 4. The lowest BCUT2D eigenvalue weighted by atomic mass is 10.1. The van der Waals surface area contributed by atoms with E-state index in [4.69, 9.17) is 10.1 Å². The van der Waals surface area contributed by atoms with E-state index in [2.05, 4.69) is 18.0 Å². The maximum absolute atomic E-state index is 9.75. The van der Waals surface area contributed by atoms with Crippen molar-refractivity contribution in [1.82, 2.24) is 0 Å². The molecule has 0 heterocycles. The van der Waals surface area contributed by atoms with Crippen LogP contribution in [-0.4, -0.2) is 7.25 Å². The fourth-order valence-corrected chi connectivity index (χ4v) is 2.02. The molecule has 0 radical (unpaired) electrons. The molecule has 24 heavy (non-hydrogen) atoms. The Morgan fingerprint density at radius 2 is 1.46 bits per heavy atom. The molecule has 3 nitrogen and oxygen atoms in total. The molecule has 0 bridgehead atoms. The number of aryl methyl sites for hydroxylation is 3. The Labute approximate surface area is 138 Å². The monoisotopic (exact) mass is 340 g/mol. The van der Waals surface area contributed by atoms with Crippen LogP contribution in [0.15, 0.2) is 30.3 Å². The predicted molar refractivity (Wildman–Crippen MR) is 86.8 cm³/mol. The molecule has 0 saturated heterocycles. The predicted octanol–water partition coefficient (Wildman–Crippen LogP) is 6.50. The van der Waals surface area contributed by atoms with Crippen molar-refractivity contribution in [3.8, 4) is 11.5 Å². The molecule has 0 saturated carbocycles. The summed E-state index contributed by atoms with van der Waals surface area (Å²) in [7, 11) is -6.00. The highest BCUT2D eigenvalue weighted by Crippen LogP contribution is 2.35. The Morgan fingerprint density at radius 1 is 0.875 bits per heavy atom. The van der Waals surface area contributed by atoms with Crippen LogP contribution in [0, 0.1) is 33.1 Å². The summed E-state index contributed by atoms with van der Waals surface area (Å²) in [6.45, 7) is 8.06. The molecule has 0 aliphatic rings. The third-order valence-electron chi connectivity index (χ3n) is 3.21. The highest BCUT2D eigenvalue weighted by Gasteiger charge is 2.20. The summed E-state index contributed by atoms with van der Waals surface area (Å²) in [6.07, 6.45) is 0. The number of hydrogen-bond acceptors (Lipinski definition) is 2.